The molecule has 1 aromatic carbocycles. The zero-order valence-electron chi connectivity index (χ0n) is 9.41. The number of rotatable bonds is 0. The summed E-state index contributed by atoms with van der Waals surface area (Å²) in [5.41, 5.74) is -0.0569. The van der Waals surface area contributed by atoms with E-state index in [1.54, 1.807) is 11.5 Å². The van der Waals surface area contributed by atoms with E-state index in [1.165, 1.54) is 23.9 Å². The Morgan fingerprint density at radius 2 is 1.89 bits per heavy atom. The van der Waals surface area contributed by atoms with Gasteiger partial charge in [-0.3, -0.25) is 5.32 Å². The van der Waals surface area contributed by atoms with Crippen molar-refractivity contribution in [1.29, 1.82) is 0 Å². The molecule has 0 atom stereocenters. The lowest BCUT2D eigenvalue weighted by atomic mass is 10.2. The largest absolute Gasteiger partial charge is 1.00 e. The van der Waals surface area contributed by atoms with E-state index >= 15 is 0 Å². The minimum Gasteiger partial charge on any atom is -1.00 e. The first-order valence-electron chi connectivity index (χ1n) is 5.23. The molecule has 7 heteroatoms. The molecule has 2 heterocycles. The third-order valence-electron chi connectivity index (χ3n) is 2.65. The average Bonchev–Trinajstić information content (AvgIpc) is 2.34. The van der Waals surface area contributed by atoms with Crippen LogP contribution < -0.4 is 17.7 Å². The average molecular weight is 305 g/mol. The number of alkyl halides is 3. The summed E-state index contributed by atoms with van der Waals surface area (Å²) in [5, 5.41) is 1.69. The minimum absolute atomic E-state index is 0. The summed E-state index contributed by atoms with van der Waals surface area (Å²) < 4.78 is 37.9. The van der Waals surface area contributed by atoms with Gasteiger partial charge in [0.1, 0.15) is 0 Å². The molecule has 1 aromatic heterocycles. The van der Waals surface area contributed by atoms with Gasteiger partial charge < -0.3 is 12.4 Å². The van der Waals surface area contributed by atoms with Gasteiger partial charge >= 0.3 is 6.18 Å². The van der Waals surface area contributed by atoms with Crippen molar-refractivity contribution >= 4 is 23.3 Å². The fourth-order valence-electron chi connectivity index (χ4n) is 1.79. The summed E-state index contributed by atoms with van der Waals surface area (Å²) in [6.45, 7) is 0. The summed E-state index contributed by atoms with van der Waals surface area (Å²) >= 11 is 1.44. The maximum Gasteiger partial charge on any atom is 0.416 e. The van der Waals surface area contributed by atoms with E-state index in [4.69, 9.17) is 0 Å². The Morgan fingerprint density at radius 1 is 1.11 bits per heavy atom. The zero-order chi connectivity index (χ0) is 12.8. The predicted molar refractivity (Wildman–Crippen MR) is 61.0 cm³/mol. The lowest BCUT2D eigenvalue weighted by Gasteiger charge is -2.16. The molecule has 100 valence electrons. The highest BCUT2D eigenvalue weighted by molar-refractivity contribution is 7.99. The topological polar surface area (TPSA) is 29.5 Å². The number of quaternary nitrogens is 1. The number of nitrogens with zero attached hydrogens (tertiary/aromatic N) is 1. The lowest BCUT2D eigenvalue weighted by molar-refractivity contribution is -0.489. The molecule has 2 aromatic rings. The second kappa shape index (κ2) is 5.03. The predicted octanol–water partition coefficient (Wildman–Crippen LogP) is 0.0956. The van der Waals surface area contributed by atoms with Gasteiger partial charge in [0, 0.05) is 12.3 Å². The second-order valence-corrected chi connectivity index (χ2v) is 4.97. The van der Waals surface area contributed by atoms with E-state index in [0.717, 1.165) is 15.9 Å². The van der Waals surface area contributed by atoms with Crippen LogP contribution >= 0.6 is 11.8 Å². The number of fused-ring (bicyclic) bond motifs is 2. The smallest absolute Gasteiger partial charge is 0.416 e. The molecule has 0 saturated carbocycles. The first kappa shape index (κ1) is 14.2. The summed E-state index contributed by atoms with van der Waals surface area (Å²) in [7, 11) is 0. The van der Waals surface area contributed by atoms with E-state index in [-0.39, 0.29) is 12.4 Å². The third-order valence-corrected chi connectivity index (χ3v) is 3.81. The van der Waals surface area contributed by atoms with Crippen LogP contribution in [0.15, 0.2) is 46.3 Å². The molecule has 0 unspecified atom stereocenters. The normalized spacial score (nSPS) is 13.2. The highest BCUT2D eigenvalue weighted by Gasteiger charge is 2.33. The van der Waals surface area contributed by atoms with Crippen molar-refractivity contribution in [2.45, 2.75) is 16.0 Å². The van der Waals surface area contributed by atoms with E-state index in [9.17, 15) is 13.2 Å². The molecular weight excluding hydrogens is 297 g/mol. The molecule has 0 aliphatic carbocycles. The zero-order valence-corrected chi connectivity index (χ0v) is 11.0. The molecule has 1 aliphatic rings. The molecule has 2 N–H and O–H groups in total. The summed E-state index contributed by atoms with van der Waals surface area (Å²) in [6, 6.07) is 7.51. The number of halogens is 4. The summed E-state index contributed by atoms with van der Waals surface area (Å²) in [6.07, 6.45) is -2.67. The molecule has 0 radical (unpaired) electrons. The second-order valence-electron chi connectivity index (χ2n) is 3.88. The Bertz CT molecular complexity index is 616. The van der Waals surface area contributed by atoms with Gasteiger partial charge in [0.2, 0.25) is 5.82 Å². The van der Waals surface area contributed by atoms with Crippen molar-refractivity contribution in [1.82, 2.24) is 4.98 Å². The van der Waals surface area contributed by atoms with Crippen molar-refractivity contribution in [2.24, 2.45) is 0 Å². The number of nitrogens with two attached hydrogens (primary N) is 1. The molecule has 0 fully saturated rings. The Hall–Kier alpha value is -1.24. The first-order chi connectivity index (χ1) is 8.54. The Labute approximate surface area is 117 Å². The Kier molecular flexibility index (Phi) is 3.75. The molecular formula is C12H8ClF3N2S. The molecule has 19 heavy (non-hydrogen) atoms. The molecule has 0 saturated heterocycles. The number of benzene rings is 1. The number of pyridine rings is 1. The maximum atomic E-state index is 12.6. The van der Waals surface area contributed by atoms with Crippen molar-refractivity contribution in [3.05, 3.63) is 42.1 Å². The van der Waals surface area contributed by atoms with Crippen LogP contribution in [-0.4, -0.2) is 4.98 Å². The Balaban J connectivity index is 0.00000133. The quantitative estimate of drug-likeness (QED) is 0.597. The van der Waals surface area contributed by atoms with Crippen LogP contribution in [0.3, 0.4) is 0 Å². The van der Waals surface area contributed by atoms with Gasteiger partial charge in [-0.25, -0.2) is 4.98 Å². The van der Waals surface area contributed by atoms with Crippen LogP contribution in [0.5, 0.6) is 0 Å². The van der Waals surface area contributed by atoms with Crippen LogP contribution in [0, 0.1) is 0 Å². The van der Waals surface area contributed by atoms with E-state index in [2.05, 4.69) is 4.98 Å². The molecule has 0 spiro atoms. The highest BCUT2D eigenvalue weighted by Crippen LogP contribution is 2.40. The van der Waals surface area contributed by atoms with Gasteiger partial charge in [-0.2, -0.15) is 13.2 Å². The summed E-state index contributed by atoms with van der Waals surface area (Å²) in [4.78, 5) is 5.94. The first-order valence-corrected chi connectivity index (χ1v) is 6.04. The molecule has 0 amide bonds. The minimum atomic E-state index is -4.31. The standard InChI is InChI=1S/C12H7F3N2S.ClH/c13-12(14,15)7-3-4-9-8(6-7)17-11-10(18-9)2-1-5-16-11;/h1-6H,(H,16,17);1H. The van der Waals surface area contributed by atoms with Crippen LogP contribution in [-0.2, 0) is 6.18 Å². The number of hydrogen-bond donors (Lipinski definition) is 1. The lowest BCUT2D eigenvalue weighted by Crippen LogP contribution is -3.00. The van der Waals surface area contributed by atoms with Gasteiger partial charge in [-0.15, -0.1) is 0 Å². The van der Waals surface area contributed by atoms with Gasteiger partial charge in [0.05, 0.1) is 15.4 Å². The Morgan fingerprint density at radius 3 is 2.63 bits per heavy atom. The van der Waals surface area contributed by atoms with Crippen LogP contribution in [0.2, 0.25) is 0 Å². The van der Waals surface area contributed by atoms with E-state index in [0.29, 0.717) is 11.5 Å². The molecule has 3 rings (SSSR count). The van der Waals surface area contributed by atoms with Crippen LogP contribution in [0.1, 0.15) is 5.56 Å². The van der Waals surface area contributed by atoms with E-state index < -0.39 is 11.7 Å². The number of hydrogen-bond acceptors (Lipinski definition) is 2. The fourth-order valence-corrected chi connectivity index (χ4v) is 2.77. The third kappa shape index (κ3) is 2.70. The van der Waals surface area contributed by atoms with Crippen molar-refractivity contribution in [3.8, 4) is 0 Å². The maximum absolute atomic E-state index is 12.6. The van der Waals surface area contributed by atoms with Gasteiger partial charge in [-0.05, 0) is 24.3 Å². The number of aromatic nitrogens is 1. The summed E-state index contributed by atoms with van der Waals surface area (Å²) in [5.74, 6) is 0.717. The monoisotopic (exact) mass is 304 g/mol. The van der Waals surface area contributed by atoms with E-state index in [1.807, 2.05) is 12.1 Å². The van der Waals surface area contributed by atoms with Crippen molar-refractivity contribution in [2.75, 3.05) is 0 Å². The van der Waals surface area contributed by atoms with Gasteiger partial charge in [0.25, 0.3) is 0 Å². The molecule has 2 nitrogen and oxygen atoms in total. The fraction of sp³-hybridized carbons (Fsp3) is 0.0833. The van der Waals surface area contributed by atoms with Gasteiger partial charge in [-0.1, -0.05) is 11.8 Å². The SMILES string of the molecule is FC(F)(F)c1ccc2c(c1)[NH2+]c1ncccc1S2.[Cl-]. The van der Waals surface area contributed by atoms with Crippen molar-refractivity contribution in [3.63, 3.8) is 0 Å². The molecule has 0 bridgehead atoms. The molecule has 1 aliphatic heterocycles. The van der Waals surface area contributed by atoms with Crippen LogP contribution in [0.4, 0.5) is 24.7 Å². The van der Waals surface area contributed by atoms with Crippen molar-refractivity contribution < 1.29 is 30.9 Å². The van der Waals surface area contributed by atoms with Gasteiger partial charge in [0.15, 0.2) is 5.69 Å². The van der Waals surface area contributed by atoms with Crippen LogP contribution in [0.25, 0.3) is 0 Å². The highest BCUT2D eigenvalue weighted by atomic mass is 35.5.